The number of piperidine rings is 1. The standard InChI is InChI=1S/C16H24FN3O2S/c1-12(23(2)22)10-18-16(21)19-13-6-5-9-20(11-13)15-8-4-3-7-14(15)17/h3-4,7-8,12-13H,5-6,9-11H2,1-2H3,(H2,18,19,21)/t12-,13+,23+/m1/s1. The van der Waals surface area contributed by atoms with Crippen LogP contribution in [0.5, 0.6) is 0 Å². The number of hydrogen-bond acceptors (Lipinski definition) is 3. The largest absolute Gasteiger partial charge is 0.367 e. The number of nitrogens with zero attached hydrogens (tertiary/aromatic N) is 1. The van der Waals surface area contributed by atoms with Crippen molar-refractivity contribution in [3.05, 3.63) is 30.1 Å². The summed E-state index contributed by atoms with van der Waals surface area (Å²) in [4.78, 5) is 13.9. The second kappa shape index (κ2) is 8.29. The normalized spacial score (nSPS) is 20.7. The summed E-state index contributed by atoms with van der Waals surface area (Å²) in [6, 6.07) is 6.41. The summed E-state index contributed by atoms with van der Waals surface area (Å²) >= 11 is 0. The maximum absolute atomic E-state index is 13.9. The van der Waals surface area contributed by atoms with Gasteiger partial charge in [0.25, 0.3) is 0 Å². The van der Waals surface area contributed by atoms with Crippen molar-refractivity contribution in [2.45, 2.75) is 31.1 Å². The van der Waals surface area contributed by atoms with Gasteiger partial charge in [0, 0.05) is 48.0 Å². The van der Waals surface area contributed by atoms with Crippen molar-refractivity contribution >= 4 is 22.5 Å². The maximum Gasteiger partial charge on any atom is 0.315 e. The molecule has 0 aromatic heterocycles. The van der Waals surface area contributed by atoms with Gasteiger partial charge >= 0.3 is 6.03 Å². The predicted molar refractivity (Wildman–Crippen MR) is 91.7 cm³/mol. The van der Waals surface area contributed by atoms with Crippen molar-refractivity contribution in [1.29, 1.82) is 0 Å². The number of anilines is 1. The highest BCUT2D eigenvalue weighted by molar-refractivity contribution is 7.84. The number of para-hydroxylation sites is 1. The third-order valence-corrected chi connectivity index (χ3v) is 5.37. The molecular weight excluding hydrogens is 317 g/mol. The zero-order chi connectivity index (χ0) is 16.8. The minimum Gasteiger partial charge on any atom is -0.367 e. The average molecular weight is 341 g/mol. The zero-order valence-corrected chi connectivity index (χ0v) is 14.4. The fraction of sp³-hybridized carbons (Fsp3) is 0.562. The number of carbonyl (C=O) groups is 1. The number of carbonyl (C=O) groups excluding carboxylic acids is 1. The molecule has 1 heterocycles. The van der Waals surface area contributed by atoms with Gasteiger partial charge < -0.3 is 15.5 Å². The molecule has 0 saturated carbocycles. The van der Waals surface area contributed by atoms with Gasteiger partial charge in [-0.05, 0) is 31.9 Å². The third-order valence-electron chi connectivity index (χ3n) is 4.07. The number of amides is 2. The third kappa shape index (κ3) is 5.20. The molecule has 2 amide bonds. The van der Waals surface area contributed by atoms with Crippen LogP contribution in [0.1, 0.15) is 19.8 Å². The first kappa shape index (κ1) is 17.7. The molecule has 7 heteroatoms. The van der Waals surface area contributed by atoms with Crippen LogP contribution in [0, 0.1) is 5.82 Å². The summed E-state index contributed by atoms with van der Waals surface area (Å²) in [6.07, 6.45) is 3.39. The second-order valence-corrected chi connectivity index (χ2v) is 7.70. The van der Waals surface area contributed by atoms with E-state index in [1.165, 1.54) is 6.07 Å². The Bertz CT molecular complexity index is 570. The summed E-state index contributed by atoms with van der Waals surface area (Å²) in [7, 11) is -0.959. The van der Waals surface area contributed by atoms with E-state index >= 15 is 0 Å². The maximum atomic E-state index is 13.9. The number of hydrogen-bond donors (Lipinski definition) is 2. The second-order valence-electron chi connectivity index (χ2n) is 5.90. The first-order valence-electron chi connectivity index (χ1n) is 7.83. The highest BCUT2D eigenvalue weighted by atomic mass is 32.2. The minimum atomic E-state index is -0.959. The van der Waals surface area contributed by atoms with Gasteiger partial charge in [0.05, 0.1) is 5.69 Å². The molecule has 2 N–H and O–H groups in total. The van der Waals surface area contributed by atoms with Crippen LogP contribution in [0.2, 0.25) is 0 Å². The monoisotopic (exact) mass is 341 g/mol. The molecule has 5 nitrogen and oxygen atoms in total. The summed E-state index contributed by atoms with van der Waals surface area (Å²) in [5, 5.41) is 5.58. The molecule has 2 rings (SSSR count). The van der Waals surface area contributed by atoms with Crippen molar-refractivity contribution in [2.75, 3.05) is 30.8 Å². The molecule has 3 atom stereocenters. The van der Waals surface area contributed by atoms with Crippen LogP contribution in [0.15, 0.2) is 24.3 Å². The molecule has 1 aromatic rings. The average Bonchev–Trinajstić information content (AvgIpc) is 2.53. The molecule has 1 aliphatic heterocycles. The quantitative estimate of drug-likeness (QED) is 0.859. The topological polar surface area (TPSA) is 61.4 Å². The zero-order valence-electron chi connectivity index (χ0n) is 13.5. The Labute approximate surface area is 139 Å². The van der Waals surface area contributed by atoms with E-state index < -0.39 is 10.8 Å². The summed E-state index contributed by atoms with van der Waals surface area (Å²) in [5.74, 6) is -0.239. The molecule has 1 saturated heterocycles. The van der Waals surface area contributed by atoms with Crippen LogP contribution >= 0.6 is 0 Å². The van der Waals surface area contributed by atoms with Crippen LogP contribution in [0.4, 0.5) is 14.9 Å². The first-order chi connectivity index (χ1) is 11.0. The van der Waals surface area contributed by atoms with E-state index in [0.29, 0.717) is 18.8 Å². The van der Waals surface area contributed by atoms with Crippen molar-refractivity contribution in [3.63, 3.8) is 0 Å². The predicted octanol–water partition coefficient (Wildman–Crippen LogP) is 1.86. The van der Waals surface area contributed by atoms with Gasteiger partial charge in [-0.2, -0.15) is 0 Å². The van der Waals surface area contributed by atoms with E-state index in [2.05, 4.69) is 10.6 Å². The molecule has 0 aliphatic carbocycles. The Morgan fingerprint density at radius 2 is 2.22 bits per heavy atom. The van der Waals surface area contributed by atoms with E-state index in [4.69, 9.17) is 0 Å². The number of rotatable bonds is 5. The SMILES string of the molecule is C[C@H](CNC(=O)N[C@H]1CCCN(c2ccccc2F)C1)[S@](C)=O. The van der Waals surface area contributed by atoms with Gasteiger partial charge in [-0.3, -0.25) is 4.21 Å². The van der Waals surface area contributed by atoms with Crippen molar-refractivity contribution < 1.29 is 13.4 Å². The molecular formula is C16H24FN3O2S. The molecule has 128 valence electrons. The van der Waals surface area contributed by atoms with Crippen molar-refractivity contribution in [1.82, 2.24) is 10.6 Å². The van der Waals surface area contributed by atoms with Gasteiger partial charge in [-0.15, -0.1) is 0 Å². The highest BCUT2D eigenvalue weighted by Gasteiger charge is 2.23. The van der Waals surface area contributed by atoms with Gasteiger partial charge in [0.1, 0.15) is 5.82 Å². The lowest BCUT2D eigenvalue weighted by molar-refractivity contribution is 0.235. The van der Waals surface area contributed by atoms with Crippen molar-refractivity contribution in [3.8, 4) is 0 Å². The molecule has 0 unspecified atom stereocenters. The van der Waals surface area contributed by atoms with Gasteiger partial charge in [-0.25, -0.2) is 9.18 Å². The fourth-order valence-corrected chi connectivity index (χ4v) is 2.93. The van der Waals surface area contributed by atoms with E-state index in [9.17, 15) is 13.4 Å². The molecule has 0 radical (unpaired) electrons. The van der Waals surface area contributed by atoms with E-state index in [-0.39, 0.29) is 23.1 Å². The van der Waals surface area contributed by atoms with Crippen LogP contribution in [0.25, 0.3) is 0 Å². The highest BCUT2D eigenvalue weighted by Crippen LogP contribution is 2.22. The molecule has 23 heavy (non-hydrogen) atoms. The molecule has 0 spiro atoms. The Hall–Kier alpha value is -1.63. The van der Waals surface area contributed by atoms with E-state index in [1.54, 1.807) is 18.4 Å². The van der Waals surface area contributed by atoms with Crippen molar-refractivity contribution in [2.24, 2.45) is 0 Å². The van der Waals surface area contributed by atoms with Gasteiger partial charge in [0.15, 0.2) is 0 Å². The summed E-state index contributed by atoms with van der Waals surface area (Å²) < 4.78 is 25.2. The molecule has 1 aromatic carbocycles. The number of nitrogens with one attached hydrogen (secondary N) is 2. The van der Waals surface area contributed by atoms with Crippen LogP contribution in [-0.2, 0) is 10.8 Å². The minimum absolute atomic E-state index is 0.0224. The fourth-order valence-electron chi connectivity index (χ4n) is 2.61. The number of urea groups is 1. The van der Waals surface area contributed by atoms with E-state index in [1.807, 2.05) is 17.9 Å². The van der Waals surface area contributed by atoms with Gasteiger partial charge in [-0.1, -0.05) is 12.1 Å². The van der Waals surface area contributed by atoms with E-state index in [0.717, 1.165) is 19.4 Å². The summed E-state index contributed by atoms with van der Waals surface area (Å²) in [6.45, 7) is 3.58. The smallest absolute Gasteiger partial charge is 0.315 e. The van der Waals surface area contributed by atoms with Crippen LogP contribution in [-0.4, -0.2) is 47.4 Å². The summed E-state index contributed by atoms with van der Waals surface area (Å²) in [5.41, 5.74) is 0.578. The number of benzene rings is 1. The molecule has 0 bridgehead atoms. The lowest BCUT2D eigenvalue weighted by Gasteiger charge is -2.35. The molecule has 1 aliphatic rings. The van der Waals surface area contributed by atoms with Gasteiger partial charge in [0.2, 0.25) is 0 Å². The first-order valence-corrected chi connectivity index (χ1v) is 9.45. The Balaban J connectivity index is 1.85. The molecule has 1 fully saturated rings. The Kier molecular flexibility index (Phi) is 6.38. The Morgan fingerprint density at radius 1 is 1.48 bits per heavy atom. The van der Waals surface area contributed by atoms with Crippen LogP contribution in [0.3, 0.4) is 0 Å². The number of halogens is 1. The lowest BCUT2D eigenvalue weighted by atomic mass is 10.0. The lowest BCUT2D eigenvalue weighted by Crippen LogP contribution is -2.51. The van der Waals surface area contributed by atoms with Crippen LogP contribution < -0.4 is 15.5 Å². The Morgan fingerprint density at radius 3 is 2.91 bits per heavy atom.